The van der Waals surface area contributed by atoms with E-state index in [1.165, 1.54) is 11.1 Å². The Labute approximate surface area is 265 Å². The number of halogens is 3. The molecule has 0 amide bonds. The smallest absolute Gasteiger partial charge is 0.401 e. The van der Waals surface area contributed by atoms with Crippen LogP contribution in [0.15, 0.2) is 30.7 Å². The van der Waals surface area contributed by atoms with Crippen LogP contribution >= 0.6 is 0 Å². The second kappa shape index (κ2) is 13.6. The van der Waals surface area contributed by atoms with E-state index in [0.717, 1.165) is 43.4 Å². The third kappa shape index (κ3) is 8.55. The minimum atomic E-state index is -4.19. The summed E-state index contributed by atoms with van der Waals surface area (Å²) in [5.74, 6) is 1.66. The molecule has 5 heterocycles. The van der Waals surface area contributed by atoms with E-state index >= 15 is 0 Å². The summed E-state index contributed by atoms with van der Waals surface area (Å²) in [5.41, 5.74) is 1.78. The lowest BCUT2D eigenvalue weighted by Crippen LogP contribution is -2.49. The van der Waals surface area contributed by atoms with Gasteiger partial charge in [-0.2, -0.15) is 18.2 Å². The van der Waals surface area contributed by atoms with Crippen molar-refractivity contribution in [3.05, 3.63) is 30.7 Å². The molecule has 0 aromatic carbocycles. The average Bonchev–Trinajstić information content (AvgIpc) is 3.02. The zero-order chi connectivity index (χ0) is 32.3. The summed E-state index contributed by atoms with van der Waals surface area (Å²) in [4.78, 5) is 23.8. The van der Waals surface area contributed by atoms with Crippen molar-refractivity contribution in [2.24, 2.45) is 0 Å². The lowest BCUT2D eigenvalue weighted by Gasteiger charge is -2.36. The fraction of sp³-hybridized carbons (Fsp3) is 0.586. The Balaban J connectivity index is 1.06. The number of alkyl halides is 3. The first-order valence-corrected chi connectivity index (χ1v) is 17.3. The van der Waals surface area contributed by atoms with Crippen LogP contribution in [0.4, 0.5) is 36.3 Å². The van der Waals surface area contributed by atoms with Gasteiger partial charge in [-0.15, -0.1) is 0 Å². The van der Waals surface area contributed by atoms with Crippen molar-refractivity contribution in [2.45, 2.75) is 44.0 Å². The fourth-order valence-electron chi connectivity index (χ4n) is 6.04. The van der Waals surface area contributed by atoms with Gasteiger partial charge in [0, 0.05) is 51.4 Å². The molecule has 13 nitrogen and oxygen atoms in total. The SMILES string of the molecule is CS(=O)(=O)Nc1cnc2cc(N3CCOCC3)nc(O[C@H]3CC[C@@H](Nc4ncc(N5CCN(CC(F)(F)F)CC5)cn4)CC3)c2c1. The highest BCUT2D eigenvalue weighted by molar-refractivity contribution is 7.92. The number of nitrogens with zero attached hydrogens (tertiary/aromatic N) is 7. The molecule has 3 fully saturated rings. The number of sulfonamides is 1. The zero-order valence-corrected chi connectivity index (χ0v) is 26.4. The number of hydrogen-bond acceptors (Lipinski definition) is 12. The minimum absolute atomic E-state index is 0.0977. The first-order valence-electron chi connectivity index (χ1n) is 15.4. The van der Waals surface area contributed by atoms with E-state index in [0.29, 0.717) is 80.9 Å². The molecule has 3 aromatic heterocycles. The normalized spacial score (nSPS) is 21.7. The molecule has 250 valence electrons. The zero-order valence-electron chi connectivity index (χ0n) is 25.5. The quantitative estimate of drug-likeness (QED) is 0.348. The number of morpholine rings is 1. The van der Waals surface area contributed by atoms with Crippen molar-refractivity contribution in [1.82, 2.24) is 24.8 Å². The summed E-state index contributed by atoms with van der Waals surface area (Å²) in [6, 6.07) is 3.73. The number of nitrogens with one attached hydrogen (secondary N) is 2. The van der Waals surface area contributed by atoms with E-state index < -0.39 is 22.7 Å². The van der Waals surface area contributed by atoms with Crippen molar-refractivity contribution < 1.29 is 31.1 Å². The Morgan fingerprint density at radius 1 is 0.935 bits per heavy atom. The van der Waals surface area contributed by atoms with Crippen LogP contribution in [0.3, 0.4) is 0 Å². The molecule has 2 N–H and O–H groups in total. The van der Waals surface area contributed by atoms with Gasteiger partial charge < -0.3 is 24.6 Å². The van der Waals surface area contributed by atoms with E-state index in [9.17, 15) is 21.6 Å². The second-order valence-corrected chi connectivity index (χ2v) is 13.7. The van der Waals surface area contributed by atoms with Crippen molar-refractivity contribution in [2.75, 3.05) is 85.1 Å². The Morgan fingerprint density at radius 2 is 1.63 bits per heavy atom. The first-order chi connectivity index (χ1) is 22.0. The third-order valence-electron chi connectivity index (χ3n) is 8.33. The highest BCUT2D eigenvalue weighted by atomic mass is 32.2. The topological polar surface area (TPSA) is 138 Å². The van der Waals surface area contributed by atoms with Crippen LogP contribution in [0.5, 0.6) is 5.88 Å². The van der Waals surface area contributed by atoms with Crippen molar-refractivity contribution in [3.63, 3.8) is 0 Å². The first kappa shape index (κ1) is 32.2. The number of pyridine rings is 2. The van der Waals surface area contributed by atoms with Crippen molar-refractivity contribution in [3.8, 4) is 5.88 Å². The Morgan fingerprint density at radius 3 is 2.28 bits per heavy atom. The summed E-state index contributed by atoms with van der Waals surface area (Å²) in [5, 5.41) is 4.03. The molecule has 3 aliphatic rings. The van der Waals surface area contributed by atoms with Crippen LogP contribution in [0.2, 0.25) is 0 Å². The number of hydrogen-bond donors (Lipinski definition) is 2. The maximum absolute atomic E-state index is 12.7. The predicted molar refractivity (Wildman–Crippen MR) is 168 cm³/mol. The molecule has 1 aliphatic carbocycles. The number of piperazine rings is 1. The van der Waals surface area contributed by atoms with E-state index in [4.69, 9.17) is 14.5 Å². The van der Waals surface area contributed by atoms with Crippen LogP contribution in [0.1, 0.15) is 25.7 Å². The van der Waals surface area contributed by atoms with E-state index in [1.54, 1.807) is 18.5 Å². The summed E-state index contributed by atoms with van der Waals surface area (Å²) in [7, 11) is -3.49. The molecule has 2 aliphatic heterocycles. The monoisotopic (exact) mass is 665 g/mol. The van der Waals surface area contributed by atoms with Gasteiger partial charge in [-0.05, 0) is 31.7 Å². The largest absolute Gasteiger partial charge is 0.474 e. The van der Waals surface area contributed by atoms with Gasteiger partial charge in [-0.1, -0.05) is 0 Å². The van der Waals surface area contributed by atoms with E-state index in [-0.39, 0.29) is 12.1 Å². The molecule has 1 saturated carbocycles. The molecule has 0 radical (unpaired) electrons. The Kier molecular flexibility index (Phi) is 9.52. The van der Waals surface area contributed by atoms with Gasteiger partial charge in [0.1, 0.15) is 11.9 Å². The molecule has 0 unspecified atom stereocenters. The van der Waals surface area contributed by atoms with Crippen LogP contribution in [0.25, 0.3) is 10.9 Å². The number of ether oxygens (including phenoxy) is 2. The maximum Gasteiger partial charge on any atom is 0.401 e. The van der Waals surface area contributed by atoms with Gasteiger partial charge in [0.2, 0.25) is 21.9 Å². The van der Waals surface area contributed by atoms with Gasteiger partial charge in [-0.3, -0.25) is 14.6 Å². The van der Waals surface area contributed by atoms with Gasteiger partial charge in [0.15, 0.2) is 0 Å². The average molecular weight is 666 g/mol. The summed E-state index contributed by atoms with van der Waals surface area (Å²) in [6.45, 7) is 3.36. The summed E-state index contributed by atoms with van der Waals surface area (Å²) < 4.78 is 76.2. The fourth-order valence-corrected chi connectivity index (χ4v) is 6.58. The van der Waals surface area contributed by atoms with Crippen molar-refractivity contribution >= 4 is 44.1 Å². The molecular formula is C29H38F3N9O4S. The number of rotatable bonds is 9. The number of anilines is 4. The molecule has 3 aromatic rings. The van der Waals surface area contributed by atoms with Gasteiger partial charge in [0.25, 0.3) is 0 Å². The molecule has 46 heavy (non-hydrogen) atoms. The lowest BCUT2D eigenvalue weighted by molar-refractivity contribution is -0.146. The van der Waals surface area contributed by atoms with E-state index in [1.807, 2.05) is 11.0 Å². The van der Waals surface area contributed by atoms with Crippen LogP contribution < -0.4 is 24.6 Å². The summed E-state index contributed by atoms with van der Waals surface area (Å²) in [6.07, 6.45) is 4.87. The summed E-state index contributed by atoms with van der Waals surface area (Å²) >= 11 is 0. The van der Waals surface area contributed by atoms with Crippen LogP contribution in [0, 0.1) is 0 Å². The minimum Gasteiger partial charge on any atom is -0.474 e. The Bertz CT molecular complexity index is 1590. The number of aromatic nitrogens is 4. The van der Waals surface area contributed by atoms with Gasteiger partial charge in [0.05, 0.1) is 66.9 Å². The lowest BCUT2D eigenvalue weighted by atomic mass is 9.93. The second-order valence-electron chi connectivity index (χ2n) is 11.9. The molecule has 6 rings (SSSR count). The predicted octanol–water partition coefficient (Wildman–Crippen LogP) is 3.11. The van der Waals surface area contributed by atoms with E-state index in [2.05, 4.69) is 29.9 Å². The highest BCUT2D eigenvalue weighted by Gasteiger charge is 2.32. The molecule has 17 heteroatoms. The van der Waals surface area contributed by atoms with Crippen LogP contribution in [-0.2, 0) is 14.8 Å². The molecule has 0 atom stereocenters. The Hall–Kier alpha value is -3.70. The van der Waals surface area contributed by atoms with Gasteiger partial charge >= 0.3 is 6.18 Å². The van der Waals surface area contributed by atoms with Crippen LogP contribution in [-0.4, -0.2) is 117 Å². The molecule has 0 bridgehead atoms. The third-order valence-corrected chi connectivity index (χ3v) is 8.94. The standard InChI is InChI=1S/C29H38F3N9O4S/c1-46(42,43)38-21-14-24-25(33-16-21)15-26(41-10-12-44-13-11-41)37-27(24)45-23-4-2-20(3-5-23)36-28-34-17-22(18-35-28)40-8-6-39(7-9-40)19-29(30,31)32/h14-18,20,23,38H,2-13,19H2,1H3,(H,34,35,36)/t20-,23+. The highest BCUT2D eigenvalue weighted by Crippen LogP contribution is 2.33. The molecule has 2 saturated heterocycles. The maximum atomic E-state index is 12.7. The van der Waals surface area contributed by atoms with Gasteiger partial charge in [-0.25, -0.2) is 18.4 Å². The van der Waals surface area contributed by atoms with Crippen molar-refractivity contribution in [1.29, 1.82) is 0 Å². The number of fused-ring (bicyclic) bond motifs is 1. The molecular weight excluding hydrogens is 627 g/mol. The molecule has 0 spiro atoms.